The van der Waals surface area contributed by atoms with E-state index in [2.05, 4.69) is 0 Å². The second-order valence-electron chi connectivity index (χ2n) is 4.68. The van der Waals surface area contributed by atoms with Gasteiger partial charge in [0.1, 0.15) is 0 Å². The summed E-state index contributed by atoms with van der Waals surface area (Å²) in [5, 5.41) is 0. The van der Waals surface area contributed by atoms with Gasteiger partial charge in [-0.25, -0.2) is 0 Å². The van der Waals surface area contributed by atoms with Gasteiger partial charge in [-0.15, -0.1) is 12.4 Å². The van der Waals surface area contributed by atoms with Crippen molar-refractivity contribution in [3.8, 4) is 0 Å². The molecule has 0 atom stereocenters. The molecule has 2 rings (SSSR count). The van der Waals surface area contributed by atoms with E-state index in [-0.39, 0.29) is 18.3 Å². The molecule has 0 radical (unpaired) electrons. The summed E-state index contributed by atoms with van der Waals surface area (Å²) in [6, 6.07) is 7.21. The van der Waals surface area contributed by atoms with Crippen molar-refractivity contribution in [2.75, 3.05) is 18.8 Å². The van der Waals surface area contributed by atoms with Crippen LogP contribution >= 0.6 is 12.4 Å². The highest BCUT2D eigenvalue weighted by Crippen LogP contribution is 2.14. The maximum atomic E-state index is 12.3. The van der Waals surface area contributed by atoms with E-state index in [0.29, 0.717) is 5.69 Å². The Morgan fingerprint density at radius 1 is 0.944 bits per heavy atom. The third kappa shape index (κ3) is 3.91. The van der Waals surface area contributed by atoms with E-state index in [1.165, 1.54) is 19.3 Å². The average molecular weight is 269 g/mol. The highest BCUT2D eigenvalue weighted by atomic mass is 35.5. The van der Waals surface area contributed by atoms with Crippen LogP contribution in [0.3, 0.4) is 0 Å². The maximum absolute atomic E-state index is 12.3. The fraction of sp³-hybridized carbons (Fsp3) is 0.500. The van der Waals surface area contributed by atoms with E-state index in [9.17, 15) is 4.79 Å². The Labute approximate surface area is 115 Å². The molecule has 0 aromatic heterocycles. The number of carbonyl (C=O) groups is 1. The van der Waals surface area contributed by atoms with Gasteiger partial charge >= 0.3 is 0 Å². The summed E-state index contributed by atoms with van der Waals surface area (Å²) >= 11 is 0. The molecule has 0 spiro atoms. The minimum Gasteiger partial charge on any atom is -0.399 e. The van der Waals surface area contributed by atoms with Crippen LogP contribution in [0.5, 0.6) is 0 Å². The smallest absolute Gasteiger partial charge is 0.253 e. The van der Waals surface area contributed by atoms with Crippen molar-refractivity contribution in [3.05, 3.63) is 29.8 Å². The second kappa shape index (κ2) is 7.27. The Balaban J connectivity index is 0.00000162. The molecule has 0 saturated carbocycles. The van der Waals surface area contributed by atoms with Crippen molar-refractivity contribution in [2.45, 2.75) is 32.1 Å². The molecule has 18 heavy (non-hydrogen) atoms. The number of benzene rings is 1. The van der Waals surface area contributed by atoms with Crippen LogP contribution in [0.25, 0.3) is 0 Å². The number of nitrogens with two attached hydrogens (primary N) is 1. The lowest BCUT2D eigenvalue weighted by molar-refractivity contribution is 0.0742. The van der Waals surface area contributed by atoms with Crippen LogP contribution in [-0.2, 0) is 0 Å². The number of carbonyl (C=O) groups excluding carboxylic acids is 1. The quantitative estimate of drug-likeness (QED) is 0.796. The first-order valence-corrected chi connectivity index (χ1v) is 6.42. The summed E-state index contributed by atoms with van der Waals surface area (Å²) in [7, 11) is 0. The third-order valence-electron chi connectivity index (χ3n) is 3.30. The van der Waals surface area contributed by atoms with Crippen LogP contribution in [0.4, 0.5) is 5.69 Å². The van der Waals surface area contributed by atoms with Crippen molar-refractivity contribution in [1.82, 2.24) is 4.90 Å². The van der Waals surface area contributed by atoms with Crippen molar-refractivity contribution in [2.24, 2.45) is 0 Å². The van der Waals surface area contributed by atoms with Gasteiger partial charge in [0, 0.05) is 24.3 Å². The van der Waals surface area contributed by atoms with Gasteiger partial charge < -0.3 is 10.6 Å². The predicted octanol–water partition coefficient (Wildman–Crippen LogP) is 3.10. The summed E-state index contributed by atoms with van der Waals surface area (Å²) in [4.78, 5) is 14.2. The van der Waals surface area contributed by atoms with E-state index >= 15 is 0 Å². The number of amides is 1. The van der Waals surface area contributed by atoms with Crippen molar-refractivity contribution in [1.29, 1.82) is 0 Å². The minimum absolute atomic E-state index is 0. The van der Waals surface area contributed by atoms with Crippen LogP contribution in [0, 0.1) is 0 Å². The SMILES string of the molecule is Cl.Nc1ccc(C(=O)N2CCCCCCC2)cc1. The van der Waals surface area contributed by atoms with Crippen LogP contribution in [0.2, 0.25) is 0 Å². The van der Waals surface area contributed by atoms with Crippen molar-refractivity contribution in [3.63, 3.8) is 0 Å². The molecular weight excluding hydrogens is 248 g/mol. The molecule has 1 fully saturated rings. The summed E-state index contributed by atoms with van der Waals surface area (Å²) in [6.07, 6.45) is 6.04. The summed E-state index contributed by atoms with van der Waals surface area (Å²) < 4.78 is 0. The third-order valence-corrected chi connectivity index (χ3v) is 3.30. The molecule has 1 saturated heterocycles. The molecule has 1 amide bonds. The molecule has 1 aromatic rings. The second-order valence-corrected chi connectivity index (χ2v) is 4.68. The molecule has 0 unspecified atom stereocenters. The Hall–Kier alpha value is -1.22. The van der Waals surface area contributed by atoms with Crippen LogP contribution in [0.15, 0.2) is 24.3 Å². The fourth-order valence-corrected chi connectivity index (χ4v) is 2.26. The maximum Gasteiger partial charge on any atom is 0.253 e. The molecule has 100 valence electrons. The number of anilines is 1. The first-order valence-electron chi connectivity index (χ1n) is 6.42. The standard InChI is InChI=1S/C14H20N2O.ClH/c15-13-8-6-12(7-9-13)14(17)16-10-4-2-1-3-5-11-16;/h6-9H,1-5,10-11,15H2;1H. The van der Waals surface area contributed by atoms with E-state index in [1.807, 2.05) is 17.0 Å². The molecule has 1 aliphatic heterocycles. The van der Waals surface area contributed by atoms with Crippen LogP contribution in [0.1, 0.15) is 42.5 Å². The number of hydrogen-bond acceptors (Lipinski definition) is 2. The zero-order chi connectivity index (χ0) is 12.1. The topological polar surface area (TPSA) is 46.3 Å². The van der Waals surface area contributed by atoms with Crippen LogP contribution < -0.4 is 5.73 Å². The van der Waals surface area contributed by atoms with Gasteiger partial charge in [-0.05, 0) is 37.1 Å². The average Bonchev–Trinajstić information content (AvgIpc) is 2.29. The fourth-order valence-electron chi connectivity index (χ4n) is 2.26. The van der Waals surface area contributed by atoms with Gasteiger partial charge in [0.25, 0.3) is 5.91 Å². The number of nitrogen functional groups attached to an aromatic ring is 1. The molecule has 0 aliphatic carbocycles. The Morgan fingerprint density at radius 2 is 1.44 bits per heavy atom. The number of nitrogens with zero attached hydrogens (tertiary/aromatic N) is 1. The summed E-state index contributed by atoms with van der Waals surface area (Å²) in [5.74, 6) is 0.145. The van der Waals surface area contributed by atoms with Gasteiger partial charge in [0.2, 0.25) is 0 Å². The molecule has 1 heterocycles. The lowest BCUT2D eigenvalue weighted by Gasteiger charge is -2.24. The van der Waals surface area contributed by atoms with Gasteiger partial charge in [-0.2, -0.15) is 0 Å². The lowest BCUT2D eigenvalue weighted by Crippen LogP contribution is -2.33. The Kier molecular flexibility index (Phi) is 5.99. The molecular formula is C14H21ClN2O. The zero-order valence-electron chi connectivity index (χ0n) is 10.6. The van der Waals surface area contributed by atoms with E-state index in [1.54, 1.807) is 12.1 Å². The van der Waals surface area contributed by atoms with E-state index in [4.69, 9.17) is 5.73 Å². The molecule has 1 aromatic carbocycles. The Morgan fingerprint density at radius 3 is 2.00 bits per heavy atom. The minimum atomic E-state index is 0. The number of likely N-dealkylation sites (tertiary alicyclic amines) is 1. The van der Waals surface area contributed by atoms with Crippen LogP contribution in [-0.4, -0.2) is 23.9 Å². The van der Waals surface area contributed by atoms with Crippen molar-refractivity contribution < 1.29 is 4.79 Å². The van der Waals surface area contributed by atoms with Crippen molar-refractivity contribution >= 4 is 24.0 Å². The van der Waals surface area contributed by atoms with E-state index in [0.717, 1.165) is 31.5 Å². The highest BCUT2D eigenvalue weighted by molar-refractivity contribution is 5.94. The highest BCUT2D eigenvalue weighted by Gasteiger charge is 2.16. The molecule has 2 N–H and O–H groups in total. The number of rotatable bonds is 1. The van der Waals surface area contributed by atoms with Gasteiger partial charge in [0.05, 0.1) is 0 Å². The molecule has 1 aliphatic rings. The summed E-state index contributed by atoms with van der Waals surface area (Å²) in [5.41, 5.74) is 7.08. The predicted molar refractivity (Wildman–Crippen MR) is 77.1 cm³/mol. The van der Waals surface area contributed by atoms with Gasteiger partial charge in [0.15, 0.2) is 0 Å². The van der Waals surface area contributed by atoms with Gasteiger partial charge in [-0.3, -0.25) is 4.79 Å². The zero-order valence-corrected chi connectivity index (χ0v) is 11.4. The number of hydrogen-bond donors (Lipinski definition) is 1. The molecule has 0 bridgehead atoms. The first-order chi connectivity index (χ1) is 8.27. The van der Waals surface area contributed by atoms with Gasteiger partial charge in [-0.1, -0.05) is 19.3 Å². The monoisotopic (exact) mass is 268 g/mol. The number of halogens is 1. The van der Waals surface area contributed by atoms with E-state index < -0.39 is 0 Å². The first kappa shape index (κ1) is 14.8. The normalized spacial score (nSPS) is 16.3. The largest absolute Gasteiger partial charge is 0.399 e. The lowest BCUT2D eigenvalue weighted by atomic mass is 10.1. The molecule has 3 nitrogen and oxygen atoms in total. The molecule has 4 heteroatoms. The Bertz CT molecular complexity index is 370. The summed E-state index contributed by atoms with van der Waals surface area (Å²) in [6.45, 7) is 1.78.